The summed E-state index contributed by atoms with van der Waals surface area (Å²) in [6.45, 7) is 1.88. The fraction of sp³-hybridized carbons (Fsp3) is 0.105. The van der Waals surface area contributed by atoms with Gasteiger partial charge in [-0.2, -0.15) is 5.26 Å². The number of anilines is 1. The van der Waals surface area contributed by atoms with Crippen LogP contribution in [0.1, 0.15) is 22.8 Å². The molecule has 0 aromatic heterocycles. The molecule has 0 fully saturated rings. The zero-order chi connectivity index (χ0) is 18.2. The van der Waals surface area contributed by atoms with Crippen molar-refractivity contribution in [3.8, 4) is 6.07 Å². The van der Waals surface area contributed by atoms with Gasteiger partial charge in [0.05, 0.1) is 0 Å². The number of hydrogen-bond acceptors (Lipinski definition) is 4. The predicted octanol–water partition coefficient (Wildman–Crippen LogP) is 3.68. The molecular weight excluding hydrogens is 338 g/mol. The standard InChI is InChI=1S/C19H16ClN3O2/c1-13(24)15-5-3-7-18(9-15)23-19(25)16(10-21)12-22-11-14-4-2-6-17(20)8-14/h2-9,12,22H,11H2,1H3,(H,23,25)/b16-12-. The van der Waals surface area contributed by atoms with Crippen LogP contribution in [0.4, 0.5) is 5.69 Å². The smallest absolute Gasteiger partial charge is 0.267 e. The summed E-state index contributed by atoms with van der Waals surface area (Å²) < 4.78 is 0. The Bertz CT molecular complexity index is 869. The van der Waals surface area contributed by atoms with Gasteiger partial charge in [0.2, 0.25) is 0 Å². The van der Waals surface area contributed by atoms with Gasteiger partial charge in [-0.3, -0.25) is 9.59 Å². The molecular formula is C19H16ClN3O2. The van der Waals surface area contributed by atoms with Crippen LogP contribution in [-0.2, 0) is 11.3 Å². The molecule has 0 heterocycles. The van der Waals surface area contributed by atoms with E-state index in [-0.39, 0.29) is 11.4 Å². The van der Waals surface area contributed by atoms with Crippen molar-refractivity contribution in [3.63, 3.8) is 0 Å². The lowest BCUT2D eigenvalue weighted by Crippen LogP contribution is -2.16. The number of carbonyl (C=O) groups excluding carboxylic acids is 2. The Morgan fingerprint density at radius 1 is 1.20 bits per heavy atom. The van der Waals surface area contributed by atoms with E-state index in [1.807, 2.05) is 18.2 Å². The monoisotopic (exact) mass is 353 g/mol. The van der Waals surface area contributed by atoms with E-state index in [4.69, 9.17) is 16.9 Å². The molecule has 0 atom stereocenters. The van der Waals surface area contributed by atoms with Crippen LogP contribution in [0.15, 0.2) is 60.3 Å². The fourth-order valence-electron chi connectivity index (χ4n) is 2.08. The minimum absolute atomic E-state index is 0.0738. The molecule has 6 heteroatoms. The Morgan fingerprint density at radius 3 is 2.64 bits per heavy atom. The highest BCUT2D eigenvalue weighted by atomic mass is 35.5. The number of nitriles is 1. The van der Waals surface area contributed by atoms with Crippen molar-refractivity contribution in [2.45, 2.75) is 13.5 Å². The van der Waals surface area contributed by atoms with E-state index in [9.17, 15) is 9.59 Å². The second-order valence-corrected chi connectivity index (χ2v) is 5.71. The molecule has 0 saturated heterocycles. The second kappa shape index (κ2) is 8.67. The number of halogens is 1. The largest absolute Gasteiger partial charge is 0.386 e. The molecule has 2 aromatic rings. The van der Waals surface area contributed by atoms with Gasteiger partial charge in [-0.05, 0) is 36.8 Å². The maximum atomic E-state index is 12.2. The van der Waals surface area contributed by atoms with E-state index in [1.165, 1.54) is 13.1 Å². The summed E-state index contributed by atoms with van der Waals surface area (Å²) >= 11 is 5.91. The summed E-state index contributed by atoms with van der Waals surface area (Å²) in [5, 5.41) is 15.3. The molecule has 0 radical (unpaired) electrons. The van der Waals surface area contributed by atoms with Crippen LogP contribution in [0.25, 0.3) is 0 Å². The molecule has 0 aliphatic carbocycles. The summed E-state index contributed by atoms with van der Waals surface area (Å²) in [7, 11) is 0. The van der Waals surface area contributed by atoms with E-state index in [0.717, 1.165) is 5.56 Å². The number of benzene rings is 2. The highest BCUT2D eigenvalue weighted by Gasteiger charge is 2.10. The van der Waals surface area contributed by atoms with Crippen molar-refractivity contribution in [1.82, 2.24) is 5.32 Å². The number of Topliss-reactive ketones (excluding diaryl/α,β-unsaturated/α-hetero) is 1. The van der Waals surface area contributed by atoms with Crippen LogP contribution < -0.4 is 10.6 Å². The average molecular weight is 354 g/mol. The van der Waals surface area contributed by atoms with Gasteiger partial charge >= 0.3 is 0 Å². The topological polar surface area (TPSA) is 82.0 Å². The fourth-order valence-corrected chi connectivity index (χ4v) is 2.29. The number of nitrogens with zero attached hydrogens (tertiary/aromatic N) is 1. The first-order valence-corrected chi connectivity index (χ1v) is 7.88. The van der Waals surface area contributed by atoms with Gasteiger partial charge in [-0.15, -0.1) is 0 Å². The molecule has 0 aliphatic heterocycles. The van der Waals surface area contributed by atoms with Crippen LogP contribution >= 0.6 is 11.6 Å². The van der Waals surface area contributed by atoms with Crippen LogP contribution in [0.2, 0.25) is 5.02 Å². The van der Waals surface area contributed by atoms with Gasteiger partial charge in [-0.25, -0.2) is 0 Å². The van der Waals surface area contributed by atoms with Crippen LogP contribution in [0, 0.1) is 11.3 Å². The lowest BCUT2D eigenvalue weighted by atomic mass is 10.1. The van der Waals surface area contributed by atoms with Crippen molar-refractivity contribution >= 4 is 29.0 Å². The van der Waals surface area contributed by atoms with Gasteiger partial charge in [0.15, 0.2) is 5.78 Å². The van der Waals surface area contributed by atoms with Crippen molar-refractivity contribution in [2.75, 3.05) is 5.32 Å². The van der Waals surface area contributed by atoms with Gasteiger partial charge in [0, 0.05) is 29.0 Å². The first kappa shape index (κ1) is 18.2. The molecule has 0 aliphatic rings. The van der Waals surface area contributed by atoms with Gasteiger partial charge in [0.1, 0.15) is 11.6 Å². The Hall–Kier alpha value is -3.10. The molecule has 1 amide bonds. The summed E-state index contributed by atoms with van der Waals surface area (Å²) in [4.78, 5) is 23.6. The molecule has 0 spiro atoms. The SMILES string of the molecule is CC(=O)c1cccc(NC(=O)/C(C#N)=C\NCc2cccc(Cl)c2)c1. The zero-order valence-electron chi connectivity index (χ0n) is 13.5. The Labute approximate surface area is 150 Å². The number of amides is 1. The zero-order valence-corrected chi connectivity index (χ0v) is 14.3. The Balaban J connectivity index is 2.02. The molecule has 0 bridgehead atoms. The lowest BCUT2D eigenvalue weighted by Gasteiger charge is -2.06. The quantitative estimate of drug-likeness (QED) is 0.471. The third kappa shape index (κ3) is 5.48. The maximum absolute atomic E-state index is 12.2. The van der Waals surface area contributed by atoms with Gasteiger partial charge in [0.25, 0.3) is 5.91 Å². The van der Waals surface area contributed by atoms with Crippen molar-refractivity contribution in [1.29, 1.82) is 5.26 Å². The van der Waals surface area contributed by atoms with Gasteiger partial charge < -0.3 is 10.6 Å². The van der Waals surface area contributed by atoms with Crippen LogP contribution in [0.5, 0.6) is 0 Å². The van der Waals surface area contributed by atoms with Crippen LogP contribution in [0.3, 0.4) is 0 Å². The number of ketones is 1. The second-order valence-electron chi connectivity index (χ2n) is 5.27. The predicted molar refractivity (Wildman–Crippen MR) is 97.1 cm³/mol. The summed E-state index contributed by atoms with van der Waals surface area (Å²) in [5.74, 6) is -0.655. The summed E-state index contributed by atoms with van der Waals surface area (Å²) in [6, 6.07) is 15.7. The molecule has 0 saturated carbocycles. The number of nitrogens with one attached hydrogen (secondary N) is 2. The number of carbonyl (C=O) groups is 2. The minimum Gasteiger partial charge on any atom is -0.386 e. The van der Waals surface area contributed by atoms with E-state index in [1.54, 1.807) is 36.4 Å². The highest BCUT2D eigenvalue weighted by molar-refractivity contribution is 6.30. The highest BCUT2D eigenvalue weighted by Crippen LogP contribution is 2.13. The first-order valence-electron chi connectivity index (χ1n) is 7.50. The van der Waals surface area contributed by atoms with Crippen molar-refractivity contribution in [3.05, 3.63) is 76.5 Å². The Morgan fingerprint density at radius 2 is 1.96 bits per heavy atom. The molecule has 0 unspecified atom stereocenters. The first-order chi connectivity index (χ1) is 12.0. The Kier molecular flexibility index (Phi) is 6.33. The van der Waals surface area contributed by atoms with Crippen molar-refractivity contribution in [2.24, 2.45) is 0 Å². The van der Waals surface area contributed by atoms with E-state index < -0.39 is 5.91 Å². The molecule has 25 heavy (non-hydrogen) atoms. The maximum Gasteiger partial charge on any atom is 0.267 e. The molecule has 5 nitrogen and oxygen atoms in total. The summed E-state index contributed by atoms with van der Waals surface area (Å²) in [6.07, 6.45) is 1.35. The summed E-state index contributed by atoms with van der Waals surface area (Å²) in [5.41, 5.74) is 1.79. The van der Waals surface area contributed by atoms with Crippen LogP contribution in [-0.4, -0.2) is 11.7 Å². The van der Waals surface area contributed by atoms with E-state index in [2.05, 4.69) is 10.6 Å². The molecule has 126 valence electrons. The van der Waals surface area contributed by atoms with Gasteiger partial charge in [-0.1, -0.05) is 35.9 Å². The molecule has 2 N–H and O–H groups in total. The number of hydrogen-bond donors (Lipinski definition) is 2. The normalized spacial score (nSPS) is 10.7. The molecule has 2 aromatic carbocycles. The minimum atomic E-state index is -0.554. The average Bonchev–Trinajstić information content (AvgIpc) is 2.59. The molecule has 2 rings (SSSR count). The van der Waals surface area contributed by atoms with Crippen molar-refractivity contribution < 1.29 is 9.59 Å². The number of rotatable bonds is 6. The van der Waals surface area contributed by atoms with E-state index >= 15 is 0 Å². The van der Waals surface area contributed by atoms with E-state index in [0.29, 0.717) is 22.8 Å². The third-order valence-electron chi connectivity index (χ3n) is 3.33. The third-order valence-corrected chi connectivity index (χ3v) is 3.57. The lowest BCUT2D eigenvalue weighted by molar-refractivity contribution is -0.112.